The number of nitrogens with zero attached hydrogens (tertiary/aromatic N) is 2. The summed E-state index contributed by atoms with van der Waals surface area (Å²) < 4.78 is 8.11. The van der Waals surface area contributed by atoms with Gasteiger partial charge in [0.2, 0.25) is 0 Å². The Kier molecular flexibility index (Phi) is 4.20. The van der Waals surface area contributed by atoms with E-state index in [4.69, 9.17) is 4.74 Å². The van der Waals surface area contributed by atoms with Crippen molar-refractivity contribution in [3.63, 3.8) is 0 Å². The predicted molar refractivity (Wildman–Crippen MR) is 85.7 cm³/mol. The van der Waals surface area contributed by atoms with Gasteiger partial charge in [-0.25, -0.2) is 0 Å². The lowest BCUT2D eigenvalue weighted by atomic mass is 10.2. The number of fused-ring (bicyclic) bond motifs is 1. The van der Waals surface area contributed by atoms with Crippen LogP contribution in [0.3, 0.4) is 0 Å². The van der Waals surface area contributed by atoms with E-state index >= 15 is 0 Å². The fourth-order valence-corrected chi connectivity index (χ4v) is 2.53. The Morgan fingerprint density at radius 1 is 1.10 bits per heavy atom. The molecule has 108 valence electrons. The van der Waals surface area contributed by atoms with Crippen molar-refractivity contribution >= 4 is 10.9 Å². The van der Waals surface area contributed by atoms with Crippen molar-refractivity contribution in [2.45, 2.75) is 26.3 Å². The molecular formula is C18H20N2O. The van der Waals surface area contributed by atoms with E-state index in [0.717, 1.165) is 31.7 Å². The van der Waals surface area contributed by atoms with Crippen molar-refractivity contribution in [3.8, 4) is 5.75 Å². The highest BCUT2D eigenvalue weighted by Gasteiger charge is 2.06. The summed E-state index contributed by atoms with van der Waals surface area (Å²) in [7, 11) is 0. The highest BCUT2D eigenvalue weighted by molar-refractivity contribution is 5.86. The number of pyridine rings is 1. The Balaban J connectivity index is 1.80. The molecule has 0 saturated carbocycles. The number of rotatable bonds is 6. The molecular weight excluding hydrogens is 260 g/mol. The molecule has 0 unspecified atom stereocenters. The summed E-state index contributed by atoms with van der Waals surface area (Å²) in [5.41, 5.74) is 2.54. The Morgan fingerprint density at radius 3 is 2.76 bits per heavy atom. The van der Waals surface area contributed by atoms with Crippen LogP contribution in [0.5, 0.6) is 5.75 Å². The number of hydrogen-bond donors (Lipinski definition) is 0. The average molecular weight is 280 g/mol. The summed E-state index contributed by atoms with van der Waals surface area (Å²) in [4.78, 5) is 4.06. The molecule has 0 bridgehead atoms. The van der Waals surface area contributed by atoms with Gasteiger partial charge >= 0.3 is 0 Å². The van der Waals surface area contributed by atoms with E-state index in [0.29, 0.717) is 0 Å². The molecule has 0 aliphatic carbocycles. The van der Waals surface area contributed by atoms with Gasteiger partial charge in [0.25, 0.3) is 0 Å². The van der Waals surface area contributed by atoms with Crippen LogP contribution in [0.1, 0.15) is 18.9 Å². The first kappa shape index (κ1) is 13.7. The van der Waals surface area contributed by atoms with Crippen LogP contribution in [-0.4, -0.2) is 16.2 Å². The van der Waals surface area contributed by atoms with Crippen molar-refractivity contribution in [2.24, 2.45) is 0 Å². The van der Waals surface area contributed by atoms with Crippen LogP contribution in [0.15, 0.2) is 55.0 Å². The lowest BCUT2D eigenvalue weighted by Gasteiger charge is -2.08. The van der Waals surface area contributed by atoms with Gasteiger partial charge in [-0.2, -0.15) is 0 Å². The van der Waals surface area contributed by atoms with E-state index in [1.807, 2.05) is 18.5 Å². The molecule has 0 amide bonds. The molecule has 2 aromatic heterocycles. The summed E-state index contributed by atoms with van der Waals surface area (Å²) in [6.45, 7) is 3.85. The van der Waals surface area contributed by atoms with E-state index in [-0.39, 0.29) is 0 Å². The molecule has 0 aliphatic heterocycles. The molecule has 0 aliphatic rings. The summed E-state index contributed by atoms with van der Waals surface area (Å²) in [5.74, 6) is 0.983. The van der Waals surface area contributed by atoms with Crippen molar-refractivity contribution in [3.05, 3.63) is 60.6 Å². The molecule has 3 nitrogen and oxygen atoms in total. The molecule has 0 radical (unpaired) electrons. The van der Waals surface area contributed by atoms with Gasteiger partial charge in [-0.05, 0) is 48.7 Å². The van der Waals surface area contributed by atoms with Gasteiger partial charge in [-0.15, -0.1) is 0 Å². The first-order valence-electron chi connectivity index (χ1n) is 7.48. The van der Waals surface area contributed by atoms with E-state index in [1.165, 1.54) is 16.5 Å². The summed E-state index contributed by atoms with van der Waals surface area (Å²) in [6, 6.07) is 12.6. The second kappa shape index (κ2) is 6.44. The standard InChI is InChI=1S/C18H20N2O/c1-2-14-21-18-5-3-4-17-16(18)9-13-20(17)12-8-15-6-10-19-11-7-15/h3-7,9-11,13H,2,8,12,14H2,1H3. The maximum atomic E-state index is 5.82. The molecule has 1 aromatic carbocycles. The van der Waals surface area contributed by atoms with Crippen LogP contribution >= 0.6 is 0 Å². The minimum atomic E-state index is 0.765. The Bertz CT molecular complexity index is 704. The summed E-state index contributed by atoms with van der Waals surface area (Å²) in [5, 5.41) is 1.20. The fraction of sp³-hybridized carbons (Fsp3) is 0.278. The zero-order chi connectivity index (χ0) is 14.5. The number of aryl methyl sites for hydroxylation is 2. The van der Waals surface area contributed by atoms with Crippen molar-refractivity contribution in [2.75, 3.05) is 6.61 Å². The van der Waals surface area contributed by atoms with Gasteiger partial charge in [-0.3, -0.25) is 4.98 Å². The number of aromatic nitrogens is 2. The van der Waals surface area contributed by atoms with E-state index < -0.39 is 0 Å². The van der Waals surface area contributed by atoms with Gasteiger partial charge in [0.1, 0.15) is 5.75 Å². The molecule has 0 spiro atoms. The van der Waals surface area contributed by atoms with Crippen LogP contribution in [0, 0.1) is 0 Å². The average Bonchev–Trinajstić information content (AvgIpc) is 2.96. The molecule has 0 fully saturated rings. The largest absolute Gasteiger partial charge is 0.493 e. The first-order valence-corrected chi connectivity index (χ1v) is 7.48. The van der Waals surface area contributed by atoms with Gasteiger partial charge < -0.3 is 9.30 Å². The zero-order valence-electron chi connectivity index (χ0n) is 12.3. The molecule has 0 saturated heterocycles. The predicted octanol–water partition coefficient (Wildman–Crippen LogP) is 4.07. The van der Waals surface area contributed by atoms with Gasteiger partial charge in [0, 0.05) is 30.5 Å². The molecule has 3 aromatic rings. The number of benzene rings is 1. The minimum absolute atomic E-state index is 0.765. The molecule has 21 heavy (non-hydrogen) atoms. The SMILES string of the molecule is CCCOc1cccc2c1ccn2CCc1ccncc1. The van der Waals surface area contributed by atoms with E-state index in [1.54, 1.807) is 0 Å². The molecule has 3 heteroatoms. The minimum Gasteiger partial charge on any atom is -0.493 e. The fourth-order valence-electron chi connectivity index (χ4n) is 2.53. The quantitative estimate of drug-likeness (QED) is 0.680. The maximum absolute atomic E-state index is 5.82. The van der Waals surface area contributed by atoms with E-state index in [2.05, 4.69) is 53.0 Å². The van der Waals surface area contributed by atoms with E-state index in [9.17, 15) is 0 Å². The third kappa shape index (κ3) is 3.07. The summed E-state index contributed by atoms with van der Waals surface area (Å²) in [6.07, 6.45) is 7.87. The number of hydrogen-bond acceptors (Lipinski definition) is 2. The third-order valence-corrected chi connectivity index (χ3v) is 3.63. The topological polar surface area (TPSA) is 27.1 Å². The second-order valence-corrected chi connectivity index (χ2v) is 5.15. The Hall–Kier alpha value is -2.29. The third-order valence-electron chi connectivity index (χ3n) is 3.63. The number of ether oxygens (including phenoxy) is 1. The van der Waals surface area contributed by atoms with Gasteiger partial charge in [0.15, 0.2) is 0 Å². The second-order valence-electron chi connectivity index (χ2n) is 5.15. The van der Waals surface area contributed by atoms with Crippen LogP contribution in [0.4, 0.5) is 0 Å². The van der Waals surface area contributed by atoms with Gasteiger partial charge in [-0.1, -0.05) is 13.0 Å². The van der Waals surface area contributed by atoms with Crippen LogP contribution in [0.2, 0.25) is 0 Å². The molecule has 0 N–H and O–H groups in total. The smallest absolute Gasteiger partial charge is 0.128 e. The molecule has 2 heterocycles. The van der Waals surface area contributed by atoms with Crippen LogP contribution < -0.4 is 4.74 Å². The lowest BCUT2D eigenvalue weighted by molar-refractivity contribution is 0.321. The highest BCUT2D eigenvalue weighted by atomic mass is 16.5. The van der Waals surface area contributed by atoms with Crippen LogP contribution in [-0.2, 0) is 13.0 Å². The molecule has 3 rings (SSSR count). The normalized spacial score (nSPS) is 10.9. The Labute approximate surface area is 125 Å². The van der Waals surface area contributed by atoms with Gasteiger partial charge in [0.05, 0.1) is 12.1 Å². The van der Waals surface area contributed by atoms with Crippen molar-refractivity contribution in [1.82, 2.24) is 9.55 Å². The van der Waals surface area contributed by atoms with Crippen molar-refractivity contribution < 1.29 is 4.74 Å². The van der Waals surface area contributed by atoms with Crippen LogP contribution in [0.25, 0.3) is 10.9 Å². The van der Waals surface area contributed by atoms with Crippen molar-refractivity contribution in [1.29, 1.82) is 0 Å². The molecule has 0 atom stereocenters. The zero-order valence-corrected chi connectivity index (χ0v) is 12.3. The highest BCUT2D eigenvalue weighted by Crippen LogP contribution is 2.27. The Morgan fingerprint density at radius 2 is 1.95 bits per heavy atom. The first-order chi connectivity index (χ1) is 10.4. The monoisotopic (exact) mass is 280 g/mol. The lowest BCUT2D eigenvalue weighted by Crippen LogP contribution is -2.00. The summed E-state index contributed by atoms with van der Waals surface area (Å²) >= 11 is 0. The maximum Gasteiger partial charge on any atom is 0.128 e.